The summed E-state index contributed by atoms with van der Waals surface area (Å²) in [6.45, 7) is 2.07. The second kappa shape index (κ2) is 5.10. The Balaban J connectivity index is 2.36. The van der Waals surface area contributed by atoms with Gasteiger partial charge in [0.15, 0.2) is 0 Å². The van der Waals surface area contributed by atoms with Gasteiger partial charge in [0.05, 0.1) is 17.6 Å². The molecule has 0 aliphatic carbocycles. The summed E-state index contributed by atoms with van der Waals surface area (Å²) in [6, 6.07) is 7.32. The number of ether oxygens (including phenoxy) is 1. The number of carbonyl (C=O) groups excluding carboxylic acids is 1. The van der Waals surface area contributed by atoms with Gasteiger partial charge in [-0.3, -0.25) is 4.79 Å². The number of carbonyl (C=O) groups is 1. The molecule has 0 N–H and O–H groups in total. The molecule has 0 saturated heterocycles. The van der Waals surface area contributed by atoms with Crippen LogP contribution in [0.25, 0.3) is 0 Å². The zero-order chi connectivity index (χ0) is 12.3. The van der Waals surface area contributed by atoms with Gasteiger partial charge in [-0.15, -0.1) is 11.3 Å². The predicted octanol–water partition coefficient (Wildman–Crippen LogP) is 2.95. The van der Waals surface area contributed by atoms with Gasteiger partial charge in [0, 0.05) is 11.1 Å². The molecule has 0 amide bonds. The first-order valence-electron chi connectivity index (χ1n) is 5.38. The van der Waals surface area contributed by atoms with Crippen LogP contribution in [0, 0.1) is 0 Å². The molecule has 2 aromatic rings. The van der Waals surface area contributed by atoms with Gasteiger partial charge in [-0.1, -0.05) is 6.92 Å². The van der Waals surface area contributed by atoms with E-state index < -0.39 is 0 Å². The van der Waals surface area contributed by atoms with Crippen LogP contribution >= 0.6 is 11.3 Å². The average Bonchev–Trinajstić information content (AvgIpc) is 2.86. The van der Waals surface area contributed by atoms with Gasteiger partial charge >= 0.3 is 0 Å². The minimum atomic E-state index is -0.0281. The zero-order valence-corrected chi connectivity index (χ0v) is 10.6. The second-order valence-corrected chi connectivity index (χ2v) is 4.68. The van der Waals surface area contributed by atoms with Crippen LogP contribution in [-0.2, 0) is 6.42 Å². The van der Waals surface area contributed by atoms with E-state index in [4.69, 9.17) is 4.74 Å². The summed E-state index contributed by atoms with van der Waals surface area (Å²) < 4.78 is 5.09. The third-order valence-electron chi connectivity index (χ3n) is 2.44. The first-order valence-corrected chi connectivity index (χ1v) is 6.20. The fraction of sp³-hybridized carbons (Fsp3) is 0.231. The lowest BCUT2D eigenvalue weighted by atomic mass is 10.1. The van der Waals surface area contributed by atoms with Crippen molar-refractivity contribution in [1.82, 2.24) is 4.98 Å². The van der Waals surface area contributed by atoms with Crippen LogP contribution in [0.5, 0.6) is 5.88 Å². The van der Waals surface area contributed by atoms with Gasteiger partial charge in [0.1, 0.15) is 0 Å². The van der Waals surface area contributed by atoms with Gasteiger partial charge in [-0.2, -0.15) is 0 Å². The molecule has 2 heterocycles. The molecule has 0 bridgehead atoms. The molecular formula is C13H13NO2S. The number of rotatable bonds is 4. The van der Waals surface area contributed by atoms with E-state index in [-0.39, 0.29) is 5.78 Å². The fourth-order valence-electron chi connectivity index (χ4n) is 1.55. The van der Waals surface area contributed by atoms with Crippen LogP contribution < -0.4 is 4.74 Å². The summed E-state index contributed by atoms with van der Waals surface area (Å²) >= 11 is 1.52. The molecule has 2 aromatic heterocycles. The zero-order valence-electron chi connectivity index (χ0n) is 9.77. The number of nitrogens with zero attached hydrogens (tertiary/aromatic N) is 1. The normalized spacial score (nSPS) is 10.2. The van der Waals surface area contributed by atoms with Gasteiger partial charge in [-0.05, 0) is 30.7 Å². The highest BCUT2D eigenvalue weighted by molar-refractivity contribution is 7.14. The summed E-state index contributed by atoms with van der Waals surface area (Å²) in [4.78, 5) is 18.2. The topological polar surface area (TPSA) is 39.2 Å². The molecule has 0 fully saturated rings. The van der Waals surface area contributed by atoms with Crippen LogP contribution in [-0.4, -0.2) is 17.9 Å². The number of aromatic nitrogens is 1. The molecule has 0 unspecified atom stereocenters. The SMILES string of the molecule is CCc1ccc(C(=O)c2cccnc2OC)s1. The number of hydrogen-bond donors (Lipinski definition) is 0. The lowest BCUT2D eigenvalue weighted by molar-refractivity contribution is 0.103. The minimum Gasteiger partial charge on any atom is -0.480 e. The quantitative estimate of drug-likeness (QED) is 0.780. The lowest BCUT2D eigenvalue weighted by Gasteiger charge is -2.04. The molecule has 0 aliphatic heterocycles. The third kappa shape index (κ3) is 2.36. The van der Waals surface area contributed by atoms with Crippen LogP contribution in [0.1, 0.15) is 27.0 Å². The molecule has 0 atom stereocenters. The molecule has 88 valence electrons. The van der Waals surface area contributed by atoms with Gasteiger partial charge in [-0.25, -0.2) is 4.98 Å². The first-order chi connectivity index (χ1) is 8.26. The molecule has 0 aromatic carbocycles. The van der Waals surface area contributed by atoms with Crippen LogP contribution in [0.3, 0.4) is 0 Å². The maximum atomic E-state index is 12.2. The van der Waals surface area contributed by atoms with Crippen molar-refractivity contribution in [2.45, 2.75) is 13.3 Å². The van der Waals surface area contributed by atoms with Crippen LogP contribution in [0.15, 0.2) is 30.5 Å². The highest BCUT2D eigenvalue weighted by Crippen LogP contribution is 2.23. The molecular weight excluding hydrogens is 234 g/mol. The maximum Gasteiger partial charge on any atom is 0.224 e. The Hall–Kier alpha value is -1.68. The van der Waals surface area contributed by atoms with Crippen LogP contribution in [0.2, 0.25) is 0 Å². The largest absolute Gasteiger partial charge is 0.480 e. The third-order valence-corrected chi connectivity index (χ3v) is 3.67. The monoisotopic (exact) mass is 247 g/mol. The summed E-state index contributed by atoms with van der Waals surface area (Å²) in [5.74, 6) is 0.351. The Morgan fingerprint density at radius 3 is 2.88 bits per heavy atom. The average molecular weight is 247 g/mol. The predicted molar refractivity (Wildman–Crippen MR) is 67.9 cm³/mol. The van der Waals surface area contributed by atoms with E-state index in [1.165, 1.54) is 23.3 Å². The highest BCUT2D eigenvalue weighted by atomic mass is 32.1. The standard InChI is InChI=1S/C13H13NO2S/c1-3-9-6-7-11(17-9)12(15)10-5-4-8-14-13(10)16-2/h4-8H,3H2,1-2H3. The highest BCUT2D eigenvalue weighted by Gasteiger charge is 2.16. The van der Waals surface area contributed by atoms with E-state index in [9.17, 15) is 4.79 Å². The minimum absolute atomic E-state index is 0.0281. The molecule has 3 nitrogen and oxygen atoms in total. The molecule has 2 rings (SSSR count). The van der Waals surface area contributed by atoms with E-state index >= 15 is 0 Å². The number of hydrogen-bond acceptors (Lipinski definition) is 4. The number of thiophene rings is 1. The van der Waals surface area contributed by atoms with E-state index in [0.717, 1.165) is 11.3 Å². The Bertz CT molecular complexity index is 534. The number of pyridine rings is 1. The Kier molecular flexibility index (Phi) is 3.54. The van der Waals surface area contributed by atoms with E-state index in [1.807, 2.05) is 12.1 Å². The van der Waals surface area contributed by atoms with E-state index in [0.29, 0.717) is 11.4 Å². The smallest absolute Gasteiger partial charge is 0.224 e. The molecule has 0 spiro atoms. The van der Waals surface area contributed by atoms with Crippen molar-refractivity contribution < 1.29 is 9.53 Å². The fourth-order valence-corrected chi connectivity index (χ4v) is 2.45. The molecule has 0 saturated carbocycles. The first kappa shape index (κ1) is 11.8. The second-order valence-electron chi connectivity index (χ2n) is 3.51. The lowest BCUT2D eigenvalue weighted by Crippen LogP contribution is -2.03. The van der Waals surface area contributed by atoms with E-state index in [2.05, 4.69) is 11.9 Å². The summed E-state index contributed by atoms with van der Waals surface area (Å²) in [5, 5.41) is 0. The van der Waals surface area contributed by atoms with Crippen LogP contribution in [0.4, 0.5) is 0 Å². The molecule has 0 aliphatic rings. The Morgan fingerprint density at radius 1 is 1.41 bits per heavy atom. The summed E-state index contributed by atoms with van der Waals surface area (Å²) in [6.07, 6.45) is 2.56. The van der Waals surface area contributed by atoms with E-state index in [1.54, 1.807) is 18.3 Å². The van der Waals surface area contributed by atoms with Crippen molar-refractivity contribution >= 4 is 17.1 Å². The molecule has 4 heteroatoms. The molecule has 0 radical (unpaired) electrons. The Labute approximate surface area is 104 Å². The molecule has 17 heavy (non-hydrogen) atoms. The Morgan fingerprint density at radius 2 is 2.24 bits per heavy atom. The van der Waals surface area contributed by atoms with Crippen molar-refractivity contribution in [2.75, 3.05) is 7.11 Å². The van der Waals surface area contributed by atoms with Crippen molar-refractivity contribution in [3.63, 3.8) is 0 Å². The number of methoxy groups -OCH3 is 1. The maximum absolute atomic E-state index is 12.2. The van der Waals surface area contributed by atoms with Crippen molar-refractivity contribution in [3.05, 3.63) is 45.8 Å². The number of aryl methyl sites for hydroxylation is 1. The van der Waals surface area contributed by atoms with Gasteiger partial charge in [0.25, 0.3) is 0 Å². The van der Waals surface area contributed by atoms with Gasteiger partial charge in [0.2, 0.25) is 11.7 Å². The number of ketones is 1. The van der Waals surface area contributed by atoms with Crippen molar-refractivity contribution in [3.8, 4) is 5.88 Å². The van der Waals surface area contributed by atoms with Crippen molar-refractivity contribution in [1.29, 1.82) is 0 Å². The summed E-state index contributed by atoms with van der Waals surface area (Å²) in [5.41, 5.74) is 0.513. The summed E-state index contributed by atoms with van der Waals surface area (Å²) in [7, 11) is 1.52. The van der Waals surface area contributed by atoms with Gasteiger partial charge < -0.3 is 4.74 Å². The van der Waals surface area contributed by atoms with Crippen molar-refractivity contribution in [2.24, 2.45) is 0 Å².